The molecule has 1 aliphatic heterocycles. The van der Waals surface area contributed by atoms with Crippen molar-refractivity contribution in [3.05, 3.63) is 52.5 Å². The molecule has 1 atom stereocenters. The van der Waals surface area contributed by atoms with E-state index in [4.69, 9.17) is 21.6 Å². The summed E-state index contributed by atoms with van der Waals surface area (Å²) in [5.41, 5.74) is 2.41. The largest absolute Gasteiger partial charge is 0.495 e. The fourth-order valence-corrected chi connectivity index (χ4v) is 3.20. The number of nitrogens with zero attached hydrogens (tertiary/aromatic N) is 2. The molecular weight excluding hydrogens is 366 g/mol. The number of methoxy groups -OCH3 is 1. The second-order valence-electron chi connectivity index (χ2n) is 6.36. The van der Waals surface area contributed by atoms with Crippen LogP contribution >= 0.6 is 11.6 Å². The molecule has 7 heteroatoms. The van der Waals surface area contributed by atoms with E-state index in [9.17, 15) is 9.59 Å². The van der Waals surface area contributed by atoms with Crippen molar-refractivity contribution in [3.63, 3.8) is 0 Å². The first kappa shape index (κ1) is 18.7. The van der Waals surface area contributed by atoms with E-state index in [1.54, 1.807) is 41.3 Å². The first-order valence-corrected chi connectivity index (χ1v) is 8.76. The molecule has 2 aromatic rings. The van der Waals surface area contributed by atoms with Crippen LogP contribution in [0.1, 0.15) is 17.5 Å². The molecule has 0 spiro atoms. The Morgan fingerprint density at radius 1 is 1.37 bits per heavy atom. The lowest BCUT2D eigenvalue weighted by atomic mass is 10.1. The van der Waals surface area contributed by atoms with Gasteiger partial charge in [-0.05, 0) is 36.8 Å². The molecule has 6 nitrogen and oxygen atoms in total. The van der Waals surface area contributed by atoms with Crippen molar-refractivity contribution in [2.24, 2.45) is 5.92 Å². The number of nitrogens with one attached hydrogen (secondary N) is 1. The Morgan fingerprint density at radius 3 is 2.85 bits per heavy atom. The van der Waals surface area contributed by atoms with Crippen LogP contribution in [-0.2, 0) is 9.59 Å². The standard InChI is InChI=1S/C20H18ClN3O3/c1-12-6-17(18(27-2)9-16(12)21)24-11-14(8-19(24)25)20(26)23-15-5-3-4-13(7-15)10-22/h3-7,9,14H,8,11H2,1-2H3,(H,23,26). The van der Waals surface area contributed by atoms with Gasteiger partial charge in [0.15, 0.2) is 0 Å². The first-order valence-electron chi connectivity index (χ1n) is 8.38. The van der Waals surface area contributed by atoms with Gasteiger partial charge in [0, 0.05) is 29.7 Å². The number of anilines is 2. The lowest BCUT2D eigenvalue weighted by molar-refractivity contribution is -0.122. The summed E-state index contributed by atoms with van der Waals surface area (Å²) in [6.07, 6.45) is 0.106. The van der Waals surface area contributed by atoms with Crippen molar-refractivity contribution in [3.8, 4) is 11.8 Å². The van der Waals surface area contributed by atoms with Gasteiger partial charge in [0.25, 0.3) is 0 Å². The van der Waals surface area contributed by atoms with Crippen molar-refractivity contribution in [2.75, 3.05) is 23.9 Å². The maximum absolute atomic E-state index is 12.6. The summed E-state index contributed by atoms with van der Waals surface area (Å²) < 4.78 is 5.35. The zero-order valence-electron chi connectivity index (χ0n) is 15.0. The second-order valence-corrected chi connectivity index (χ2v) is 6.77. The molecule has 27 heavy (non-hydrogen) atoms. The number of aryl methyl sites for hydroxylation is 1. The number of benzene rings is 2. The third-order valence-electron chi connectivity index (χ3n) is 4.51. The lowest BCUT2D eigenvalue weighted by Gasteiger charge is -2.20. The van der Waals surface area contributed by atoms with E-state index in [0.717, 1.165) is 5.56 Å². The number of nitriles is 1. The molecule has 0 bridgehead atoms. The van der Waals surface area contributed by atoms with Crippen LogP contribution in [0.4, 0.5) is 11.4 Å². The van der Waals surface area contributed by atoms with Crippen LogP contribution in [0.25, 0.3) is 0 Å². The van der Waals surface area contributed by atoms with Crippen molar-refractivity contribution in [2.45, 2.75) is 13.3 Å². The lowest BCUT2D eigenvalue weighted by Crippen LogP contribution is -2.28. The molecule has 1 unspecified atom stereocenters. The summed E-state index contributed by atoms with van der Waals surface area (Å²) in [5, 5.41) is 12.3. The Bertz CT molecular complexity index is 952. The molecule has 1 N–H and O–H groups in total. The first-order chi connectivity index (χ1) is 12.9. The van der Waals surface area contributed by atoms with Gasteiger partial charge in [-0.15, -0.1) is 0 Å². The molecule has 138 valence electrons. The summed E-state index contributed by atoms with van der Waals surface area (Å²) in [6, 6.07) is 12.1. The fourth-order valence-electron chi connectivity index (χ4n) is 3.05. The van der Waals surface area contributed by atoms with Gasteiger partial charge in [0.05, 0.1) is 30.3 Å². The number of carbonyl (C=O) groups excluding carboxylic acids is 2. The Kier molecular flexibility index (Phi) is 5.33. The highest BCUT2D eigenvalue weighted by Gasteiger charge is 2.36. The third-order valence-corrected chi connectivity index (χ3v) is 4.91. The SMILES string of the molecule is COc1cc(Cl)c(C)cc1N1CC(C(=O)Nc2cccc(C#N)c2)CC1=O. The quantitative estimate of drug-likeness (QED) is 0.875. The van der Waals surface area contributed by atoms with E-state index in [-0.39, 0.29) is 24.8 Å². The molecule has 1 heterocycles. The van der Waals surface area contributed by atoms with Gasteiger partial charge in [0.2, 0.25) is 11.8 Å². The van der Waals surface area contributed by atoms with Gasteiger partial charge < -0.3 is 15.0 Å². The molecule has 3 rings (SSSR count). The van der Waals surface area contributed by atoms with E-state index in [2.05, 4.69) is 5.32 Å². The van der Waals surface area contributed by atoms with E-state index < -0.39 is 5.92 Å². The number of hydrogen-bond donors (Lipinski definition) is 1. The van der Waals surface area contributed by atoms with Crippen LogP contribution in [0.2, 0.25) is 5.02 Å². The minimum Gasteiger partial charge on any atom is -0.495 e. The minimum absolute atomic E-state index is 0.106. The van der Waals surface area contributed by atoms with Crippen LogP contribution < -0.4 is 15.0 Å². The zero-order valence-corrected chi connectivity index (χ0v) is 15.7. The summed E-state index contributed by atoms with van der Waals surface area (Å²) in [5.74, 6) is -0.419. The zero-order chi connectivity index (χ0) is 19.6. The van der Waals surface area contributed by atoms with E-state index in [0.29, 0.717) is 27.7 Å². The van der Waals surface area contributed by atoms with Gasteiger partial charge in [-0.25, -0.2) is 0 Å². The maximum atomic E-state index is 12.6. The molecule has 1 saturated heterocycles. The molecule has 2 amide bonds. The van der Waals surface area contributed by atoms with Crippen LogP contribution in [0.5, 0.6) is 5.75 Å². The van der Waals surface area contributed by atoms with E-state index >= 15 is 0 Å². The highest BCUT2D eigenvalue weighted by molar-refractivity contribution is 6.31. The normalized spacial score (nSPS) is 16.1. The van der Waals surface area contributed by atoms with Crippen molar-refractivity contribution in [1.82, 2.24) is 0 Å². The summed E-state index contributed by atoms with van der Waals surface area (Å²) >= 11 is 6.13. The van der Waals surface area contributed by atoms with Crippen molar-refractivity contribution < 1.29 is 14.3 Å². The van der Waals surface area contributed by atoms with E-state index in [1.165, 1.54) is 7.11 Å². The summed E-state index contributed by atoms with van der Waals surface area (Å²) in [7, 11) is 1.51. The van der Waals surface area contributed by atoms with Gasteiger partial charge >= 0.3 is 0 Å². The Labute approximate surface area is 162 Å². The number of rotatable bonds is 4. The molecule has 0 aromatic heterocycles. The number of ether oxygens (including phenoxy) is 1. The van der Waals surface area contributed by atoms with Crippen molar-refractivity contribution in [1.29, 1.82) is 5.26 Å². The average molecular weight is 384 g/mol. The predicted molar refractivity (Wildman–Crippen MR) is 103 cm³/mol. The van der Waals surface area contributed by atoms with Gasteiger partial charge in [-0.3, -0.25) is 9.59 Å². The van der Waals surface area contributed by atoms with Crippen LogP contribution in [0.3, 0.4) is 0 Å². The fraction of sp³-hybridized carbons (Fsp3) is 0.250. The topological polar surface area (TPSA) is 82.4 Å². The highest BCUT2D eigenvalue weighted by Crippen LogP contribution is 2.37. The smallest absolute Gasteiger partial charge is 0.229 e. The molecular formula is C20H18ClN3O3. The van der Waals surface area contributed by atoms with Gasteiger partial charge in [0.1, 0.15) is 5.75 Å². The third kappa shape index (κ3) is 3.88. The monoisotopic (exact) mass is 383 g/mol. The Morgan fingerprint density at radius 2 is 2.15 bits per heavy atom. The molecule has 0 aliphatic carbocycles. The second kappa shape index (κ2) is 7.68. The van der Waals surface area contributed by atoms with Gasteiger partial charge in [-0.2, -0.15) is 5.26 Å². The molecule has 1 aliphatic rings. The maximum Gasteiger partial charge on any atom is 0.229 e. The van der Waals surface area contributed by atoms with Crippen LogP contribution in [0, 0.1) is 24.2 Å². The Balaban J connectivity index is 1.78. The number of hydrogen-bond acceptors (Lipinski definition) is 4. The number of amides is 2. The molecule has 2 aromatic carbocycles. The highest BCUT2D eigenvalue weighted by atomic mass is 35.5. The van der Waals surface area contributed by atoms with Crippen LogP contribution in [0.15, 0.2) is 36.4 Å². The minimum atomic E-state index is -0.496. The van der Waals surface area contributed by atoms with Crippen LogP contribution in [-0.4, -0.2) is 25.5 Å². The predicted octanol–water partition coefficient (Wildman–Crippen LogP) is 3.52. The molecule has 0 radical (unpaired) electrons. The number of halogens is 1. The summed E-state index contributed by atoms with van der Waals surface area (Å²) in [6.45, 7) is 2.10. The molecule has 0 saturated carbocycles. The Hall–Kier alpha value is -3.04. The number of carbonyl (C=O) groups is 2. The molecule has 1 fully saturated rings. The van der Waals surface area contributed by atoms with Gasteiger partial charge in [-0.1, -0.05) is 17.7 Å². The average Bonchev–Trinajstić information content (AvgIpc) is 3.05. The summed E-state index contributed by atoms with van der Waals surface area (Å²) in [4.78, 5) is 26.7. The van der Waals surface area contributed by atoms with E-state index in [1.807, 2.05) is 13.0 Å². The van der Waals surface area contributed by atoms with Crippen molar-refractivity contribution >= 4 is 34.8 Å².